The van der Waals surface area contributed by atoms with Gasteiger partial charge in [-0.25, -0.2) is 0 Å². The fraction of sp³-hybridized carbons (Fsp3) is 0.261. The van der Waals surface area contributed by atoms with Gasteiger partial charge in [0, 0.05) is 5.56 Å². The third-order valence-electron chi connectivity index (χ3n) is 5.16. The highest BCUT2D eigenvalue weighted by atomic mass is 16.5. The molecule has 0 fully saturated rings. The van der Waals surface area contributed by atoms with Gasteiger partial charge < -0.3 is 10.1 Å². The molecular weight excluding hydrogens is 322 g/mol. The average Bonchev–Trinajstić information content (AvgIpc) is 3.08. The summed E-state index contributed by atoms with van der Waals surface area (Å²) in [4.78, 5) is 12.9. The summed E-state index contributed by atoms with van der Waals surface area (Å²) in [6.45, 7) is 4.62. The number of carbonyl (C=O) groups excluding carboxylic acids is 1. The molecule has 0 aliphatic heterocycles. The van der Waals surface area contributed by atoms with Gasteiger partial charge in [0.1, 0.15) is 5.75 Å². The van der Waals surface area contributed by atoms with Crippen molar-refractivity contribution in [2.24, 2.45) is 0 Å². The minimum absolute atomic E-state index is 0.0259. The Labute approximate surface area is 154 Å². The molecule has 1 amide bonds. The van der Waals surface area contributed by atoms with Crippen molar-refractivity contribution in [3.63, 3.8) is 0 Å². The maximum atomic E-state index is 12.9. The lowest BCUT2D eigenvalue weighted by atomic mass is 9.99. The van der Waals surface area contributed by atoms with E-state index in [0.29, 0.717) is 6.61 Å². The maximum absolute atomic E-state index is 12.9. The van der Waals surface area contributed by atoms with E-state index >= 15 is 0 Å². The number of hydrogen-bond acceptors (Lipinski definition) is 2. The Hall–Kier alpha value is -2.81. The van der Waals surface area contributed by atoms with E-state index in [4.69, 9.17) is 4.74 Å². The Bertz CT molecular complexity index is 950. The Morgan fingerprint density at radius 3 is 2.50 bits per heavy atom. The van der Waals surface area contributed by atoms with E-state index in [-0.39, 0.29) is 11.9 Å². The molecule has 1 atom stereocenters. The molecule has 4 rings (SSSR count). The molecule has 0 spiro atoms. The van der Waals surface area contributed by atoms with Crippen LogP contribution in [-0.4, -0.2) is 12.5 Å². The fourth-order valence-electron chi connectivity index (χ4n) is 3.82. The van der Waals surface area contributed by atoms with Crippen LogP contribution in [0.25, 0.3) is 10.8 Å². The van der Waals surface area contributed by atoms with Crippen molar-refractivity contribution in [3.8, 4) is 5.75 Å². The Kier molecular flexibility index (Phi) is 4.37. The van der Waals surface area contributed by atoms with Crippen LogP contribution in [0.3, 0.4) is 0 Å². The van der Waals surface area contributed by atoms with Gasteiger partial charge in [0.2, 0.25) is 0 Å². The van der Waals surface area contributed by atoms with Crippen molar-refractivity contribution in [2.45, 2.75) is 32.7 Å². The van der Waals surface area contributed by atoms with Gasteiger partial charge in [-0.3, -0.25) is 4.79 Å². The molecule has 132 valence electrons. The monoisotopic (exact) mass is 345 g/mol. The smallest absolute Gasteiger partial charge is 0.252 e. The number of rotatable bonds is 5. The molecule has 1 N–H and O–H groups in total. The third kappa shape index (κ3) is 2.94. The molecule has 3 aromatic carbocycles. The molecule has 0 saturated heterocycles. The fourth-order valence-corrected chi connectivity index (χ4v) is 3.82. The van der Waals surface area contributed by atoms with E-state index in [9.17, 15) is 4.79 Å². The van der Waals surface area contributed by atoms with Crippen molar-refractivity contribution in [1.29, 1.82) is 0 Å². The van der Waals surface area contributed by atoms with E-state index in [0.717, 1.165) is 35.1 Å². The maximum Gasteiger partial charge on any atom is 0.252 e. The van der Waals surface area contributed by atoms with Gasteiger partial charge in [0.25, 0.3) is 5.91 Å². The zero-order valence-corrected chi connectivity index (χ0v) is 15.2. The lowest BCUT2D eigenvalue weighted by Crippen LogP contribution is -2.26. The van der Waals surface area contributed by atoms with E-state index < -0.39 is 0 Å². The molecule has 1 aliphatic rings. The third-order valence-corrected chi connectivity index (χ3v) is 5.16. The summed E-state index contributed by atoms with van der Waals surface area (Å²) in [6.07, 6.45) is 2.14. The molecule has 1 unspecified atom stereocenters. The van der Waals surface area contributed by atoms with Crippen molar-refractivity contribution in [2.75, 3.05) is 6.61 Å². The summed E-state index contributed by atoms with van der Waals surface area (Å²) in [5.74, 6) is 0.823. The van der Waals surface area contributed by atoms with Crippen LogP contribution in [0, 0.1) is 0 Å². The predicted molar refractivity (Wildman–Crippen MR) is 105 cm³/mol. The standard InChI is InChI=1S/C23H23NO2/c1-3-26-19-12-9-16(10-13-19)15(2)24-23(25)21-14-11-18-8-7-17-5-4-6-20(21)22(17)18/h4-6,9-15H,3,7-8H2,1-2H3,(H,24,25). The number of nitrogens with one attached hydrogen (secondary N) is 1. The average molecular weight is 345 g/mol. The number of aryl methyl sites for hydroxylation is 2. The van der Waals surface area contributed by atoms with Crippen LogP contribution in [0.5, 0.6) is 5.75 Å². The van der Waals surface area contributed by atoms with Gasteiger partial charge in [-0.1, -0.05) is 36.4 Å². The summed E-state index contributed by atoms with van der Waals surface area (Å²) in [7, 11) is 0. The highest BCUT2D eigenvalue weighted by Crippen LogP contribution is 2.33. The molecule has 0 radical (unpaired) electrons. The molecule has 0 saturated carbocycles. The van der Waals surface area contributed by atoms with Crippen LogP contribution in [0.4, 0.5) is 0 Å². The first-order valence-electron chi connectivity index (χ1n) is 9.24. The largest absolute Gasteiger partial charge is 0.494 e. The lowest BCUT2D eigenvalue weighted by Gasteiger charge is -2.16. The Morgan fingerprint density at radius 2 is 1.77 bits per heavy atom. The summed E-state index contributed by atoms with van der Waals surface area (Å²) >= 11 is 0. The summed E-state index contributed by atoms with van der Waals surface area (Å²) in [5, 5.41) is 5.47. The zero-order valence-electron chi connectivity index (χ0n) is 15.2. The van der Waals surface area contributed by atoms with E-state index in [2.05, 4.69) is 29.6 Å². The predicted octanol–water partition coefficient (Wildman–Crippen LogP) is 4.83. The zero-order chi connectivity index (χ0) is 18.1. The normalized spacial score (nSPS) is 13.6. The van der Waals surface area contributed by atoms with Crippen LogP contribution < -0.4 is 10.1 Å². The van der Waals surface area contributed by atoms with E-state index in [1.54, 1.807) is 0 Å². The molecule has 0 bridgehead atoms. The number of amides is 1. The quantitative estimate of drug-likeness (QED) is 0.719. The molecule has 3 nitrogen and oxygen atoms in total. The minimum atomic E-state index is -0.0683. The summed E-state index contributed by atoms with van der Waals surface area (Å²) in [5.41, 5.74) is 4.52. The summed E-state index contributed by atoms with van der Waals surface area (Å²) in [6, 6.07) is 18.2. The molecule has 0 heterocycles. The van der Waals surface area contributed by atoms with Crippen molar-refractivity contribution >= 4 is 16.7 Å². The first-order chi connectivity index (χ1) is 12.7. The van der Waals surface area contributed by atoms with Crippen LogP contribution in [0.2, 0.25) is 0 Å². The molecular formula is C23H23NO2. The van der Waals surface area contributed by atoms with Gasteiger partial charge in [-0.15, -0.1) is 0 Å². The van der Waals surface area contributed by atoms with Crippen molar-refractivity contribution in [1.82, 2.24) is 5.32 Å². The first kappa shape index (κ1) is 16.6. The van der Waals surface area contributed by atoms with Gasteiger partial charge in [-0.05, 0) is 72.4 Å². The highest BCUT2D eigenvalue weighted by Gasteiger charge is 2.19. The second-order valence-corrected chi connectivity index (χ2v) is 6.81. The van der Waals surface area contributed by atoms with Crippen LogP contribution in [0.15, 0.2) is 54.6 Å². The molecule has 0 aromatic heterocycles. The van der Waals surface area contributed by atoms with Crippen molar-refractivity contribution < 1.29 is 9.53 Å². The Morgan fingerprint density at radius 1 is 1.04 bits per heavy atom. The molecule has 26 heavy (non-hydrogen) atoms. The van der Waals surface area contributed by atoms with Crippen molar-refractivity contribution in [3.05, 3.63) is 76.9 Å². The first-order valence-corrected chi connectivity index (χ1v) is 9.24. The van der Waals surface area contributed by atoms with Crippen LogP contribution >= 0.6 is 0 Å². The van der Waals surface area contributed by atoms with Crippen LogP contribution in [0.1, 0.15) is 46.9 Å². The highest BCUT2D eigenvalue weighted by molar-refractivity contribution is 6.09. The summed E-state index contributed by atoms with van der Waals surface area (Å²) < 4.78 is 5.48. The SMILES string of the molecule is CCOc1ccc(C(C)NC(=O)c2ccc3c4c(cccc24)CC3)cc1. The van der Waals surface area contributed by atoms with Gasteiger partial charge in [0.15, 0.2) is 0 Å². The van der Waals surface area contributed by atoms with Crippen LogP contribution in [-0.2, 0) is 12.8 Å². The number of benzene rings is 3. The second kappa shape index (κ2) is 6.83. The van der Waals surface area contributed by atoms with E-state index in [1.807, 2.05) is 44.2 Å². The van der Waals surface area contributed by atoms with E-state index in [1.165, 1.54) is 16.5 Å². The number of hydrogen-bond donors (Lipinski definition) is 1. The van der Waals surface area contributed by atoms with Gasteiger partial charge in [0.05, 0.1) is 12.6 Å². The second-order valence-electron chi connectivity index (χ2n) is 6.81. The molecule has 1 aliphatic carbocycles. The topological polar surface area (TPSA) is 38.3 Å². The van der Waals surface area contributed by atoms with Gasteiger partial charge >= 0.3 is 0 Å². The Balaban J connectivity index is 1.58. The number of ether oxygens (including phenoxy) is 1. The number of carbonyl (C=O) groups is 1. The molecule has 3 heteroatoms. The minimum Gasteiger partial charge on any atom is -0.494 e. The lowest BCUT2D eigenvalue weighted by molar-refractivity contribution is 0.0941. The van der Waals surface area contributed by atoms with Gasteiger partial charge in [-0.2, -0.15) is 0 Å². The molecule has 3 aromatic rings.